The lowest BCUT2D eigenvalue weighted by molar-refractivity contribution is 0.484. The van der Waals surface area contributed by atoms with Gasteiger partial charge in [0.15, 0.2) is 4.87 Å². The number of hydrogen-bond donors (Lipinski definition) is 1. The second kappa shape index (κ2) is 3.66. The molecule has 1 rings (SSSR count). The van der Waals surface area contributed by atoms with Gasteiger partial charge in [-0.05, 0) is 12.2 Å². The number of nitrogens with zero attached hydrogens (tertiary/aromatic N) is 1. The van der Waals surface area contributed by atoms with E-state index in [-0.39, 0.29) is 6.42 Å². The van der Waals surface area contributed by atoms with Crippen molar-refractivity contribution < 1.29 is 8.42 Å². The Bertz CT molecular complexity index is 386. The highest BCUT2D eigenvalue weighted by molar-refractivity contribution is 7.90. The van der Waals surface area contributed by atoms with Crippen molar-refractivity contribution in [3.8, 4) is 0 Å². The molecule has 1 atom stereocenters. The number of allylic oxidation sites excluding steroid dienone is 2. The molecule has 0 aromatic heterocycles. The highest BCUT2D eigenvalue weighted by Gasteiger charge is 2.39. The fourth-order valence-electron chi connectivity index (χ4n) is 1.14. The SMILES string of the molecule is CN(C)S(=O)(=O)C1(N)C=CC(Cl)=CC1. The molecule has 0 radical (unpaired) electrons. The molecule has 1 aliphatic carbocycles. The van der Waals surface area contributed by atoms with Gasteiger partial charge in [-0.3, -0.25) is 0 Å². The molecule has 0 bridgehead atoms. The van der Waals surface area contributed by atoms with Crippen molar-refractivity contribution in [2.75, 3.05) is 14.1 Å². The molecular formula is C8H13ClN2O2S. The molecule has 1 aliphatic rings. The predicted octanol–water partition coefficient (Wildman–Crippen LogP) is 0.615. The number of halogens is 1. The summed E-state index contributed by atoms with van der Waals surface area (Å²) in [7, 11) is -0.590. The Labute approximate surface area is 89.1 Å². The quantitative estimate of drug-likeness (QED) is 0.765. The number of hydrogen-bond acceptors (Lipinski definition) is 3. The van der Waals surface area contributed by atoms with Crippen LogP contribution < -0.4 is 5.73 Å². The van der Waals surface area contributed by atoms with Crippen LogP contribution in [0.3, 0.4) is 0 Å². The van der Waals surface area contributed by atoms with Crippen LogP contribution in [0, 0.1) is 0 Å². The topological polar surface area (TPSA) is 63.4 Å². The molecule has 0 amide bonds. The van der Waals surface area contributed by atoms with Crippen molar-refractivity contribution in [2.45, 2.75) is 11.3 Å². The lowest BCUT2D eigenvalue weighted by atomic mass is 10.1. The molecule has 0 spiro atoms. The van der Waals surface area contributed by atoms with E-state index in [4.69, 9.17) is 17.3 Å². The molecule has 14 heavy (non-hydrogen) atoms. The maximum atomic E-state index is 11.8. The van der Waals surface area contributed by atoms with Gasteiger partial charge >= 0.3 is 0 Å². The molecule has 0 aromatic carbocycles. The Morgan fingerprint density at radius 3 is 2.50 bits per heavy atom. The van der Waals surface area contributed by atoms with E-state index in [0.29, 0.717) is 5.03 Å². The Hall–Kier alpha value is -0.360. The summed E-state index contributed by atoms with van der Waals surface area (Å²) >= 11 is 5.68. The molecule has 6 heteroatoms. The summed E-state index contributed by atoms with van der Waals surface area (Å²) in [6, 6.07) is 0. The van der Waals surface area contributed by atoms with E-state index in [0.717, 1.165) is 4.31 Å². The molecular weight excluding hydrogens is 224 g/mol. The molecule has 0 aromatic rings. The highest BCUT2D eigenvalue weighted by Crippen LogP contribution is 2.26. The van der Waals surface area contributed by atoms with E-state index in [9.17, 15) is 8.42 Å². The van der Waals surface area contributed by atoms with Crippen molar-refractivity contribution in [1.29, 1.82) is 0 Å². The summed E-state index contributed by atoms with van der Waals surface area (Å²) in [6.45, 7) is 0. The summed E-state index contributed by atoms with van der Waals surface area (Å²) in [5, 5.41) is 0.514. The minimum atomic E-state index is -3.50. The molecule has 0 saturated heterocycles. The van der Waals surface area contributed by atoms with Crippen LogP contribution in [0.25, 0.3) is 0 Å². The van der Waals surface area contributed by atoms with Gasteiger partial charge < -0.3 is 5.73 Å². The number of sulfonamides is 1. The zero-order valence-electron chi connectivity index (χ0n) is 8.07. The molecule has 0 fully saturated rings. The van der Waals surface area contributed by atoms with Crippen LogP contribution in [-0.2, 0) is 10.0 Å². The van der Waals surface area contributed by atoms with Gasteiger partial charge in [-0.2, -0.15) is 0 Å². The van der Waals surface area contributed by atoms with Crippen LogP contribution in [0.15, 0.2) is 23.3 Å². The van der Waals surface area contributed by atoms with E-state index in [1.165, 1.54) is 26.2 Å². The monoisotopic (exact) mass is 236 g/mol. The third kappa shape index (κ3) is 1.86. The second-order valence-corrected chi connectivity index (χ2v) is 6.25. The van der Waals surface area contributed by atoms with Gasteiger partial charge in [0.2, 0.25) is 10.0 Å². The third-order valence-electron chi connectivity index (χ3n) is 2.10. The average Bonchev–Trinajstić information content (AvgIpc) is 2.10. The van der Waals surface area contributed by atoms with Crippen LogP contribution >= 0.6 is 11.6 Å². The van der Waals surface area contributed by atoms with Crippen LogP contribution in [0.5, 0.6) is 0 Å². The Kier molecular flexibility index (Phi) is 3.06. The van der Waals surface area contributed by atoms with Gasteiger partial charge in [-0.25, -0.2) is 12.7 Å². The highest BCUT2D eigenvalue weighted by atomic mass is 35.5. The maximum absolute atomic E-state index is 11.8. The van der Waals surface area contributed by atoms with Crippen molar-refractivity contribution in [1.82, 2.24) is 4.31 Å². The first-order chi connectivity index (χ1) is 6.29. The van der Waals surface area contributed by atoms with Gasteiger partial charge in [0, 0.05) is 25.5 Å². The van der Waals surface area contributed by atoms with Gasteiger partial charge in [0.05, 0.1) is 0 Å². The van der Waals surface area contributed by atoms with Crippen LogP contribution in [0.1, 0.15) is 6.42 Å². The first-order valence-corrected chi connectivity index (χ1v) is 5.87. The van der Waals surface area contributed by atoms with E-state index in [1.807, 2.05) is 0 Å². The summed E-state index contributed by atoms with van der Waals surface area (Å²) < 4.78 is 24.7. The largest absolute Gasteiger partial charge is 0.308 e. The third-order valence-corrected chi connectivity index (χ3v) is 4.61. The smallest absolute Gasteiger partial charge is 0.236 e. The minimum Gasteiger partial charge on any atom is -0.308 e. The van der Waals surface area contributed by atoms with Gasteiger partial charge in [-0.15, -0.1) is 0 Å². The normalized spacial score (nSPS) is 27.9. The zero-order valence-corrected chi connectivity index (χ0v) is 9.64. The van der Waals surface area contributed by atoms with Crippen molar-refractivity contribution in [3.63, 3.8) is 0 Å². The molecule has 1 unspecified atom stereocenters. The van der Waals surface area contributed by atoms with E-state index in [1.54, 1.807) is 6.08 Å². The first kappa shape index (κ1) is 11.7. The van der Waals surface area contributed by atoms with Crippen molar-refractivity contribution in [3.05, 3.63) is 23.3 Å². The average molecular weight is 237 g/mol. The van der Waals surface area contributed by atoms with E-state index < -0.39 is 14.9 Å². The van der Waals surface area contributed by atoms with Gasteiger partial charge in [-0.1, -0.05) is 17.7 Å². The zero-order chi connectivity index (χ0) is 11.0. The fraction of sp³-hybridized carbons (Fsp3) is 0.500. The molecule has 0 aliphatic heterocycles. The number of nitrogens with two attached hydrogens (primary N) is 1. The minimum absolute atomic E-state index is 0.197. The molecule has 4 nitrogen and oxygen atoms in total. The molecule has 80 valence electrons. The van der Waals surface area contributed by atoms with Gasteiger partial charge in [0.1, 0.15) is 0 Å². The van der Waals surface area contributed by atoms with Gasteiger partial charge in [0.25, 0.3) is 0 Å². The fourth-order valence-corrected chi connectivity index (χ4v) is 2.50. The second-order valence-electron chi connectivity index (χ2n) is 3.37. The predicted molar refractivity (Wildman–Crippen MR) is 57.2 cm³/mol. The summed E-state index contributed by atoms with van der Waals surface area (Å²) in [6.07, 6.45) is 4.72. The maximum Gasteiger partial charge on any atom is 0.236 e. The lowest BCUT2D eigenvalue weighted by Crippen LogP contribution is -2.51. The molecule has 2 N–H and O–H groups in total. The summed E-state index contributed by atoms with van der Waals surface area (Å²) in [5.41, 5.74) is 5.78. The van der Waals surface area contributed by atoms with Crippen LogP contribution in [0.2, 0.25) is 0 Å². The Morgan fingerprint density at radius 1 is 1.57 bits per heavy atom. The number of rotatable bonds is 2. The molecule has 0 saturated carbocycles. The Morgan fingerprint density at radius 2 is 2.14 bits per heavy atom. The lowest BCUT2D eigenvalue weighted by Gasteiger charge is -2.29. The Balaban J connectivity index is 3.07. The first-order valence-electron chi connectivity index (χ1n) is 4.05. The molecule has 0 heterocycles. The standard InChI is InChI=1S/C8H13ClN2O2S/c1-11(2)14(12,13)8(10)5-3-7(9)4-6-8/h3-5H,6,10H2,1-2H3. The van der Waals surface area contributed by atoms with Crippen LogP contribution in [0.4, 0.5) is 0 Å². The van der Waals surface area contributed by atoms with E-state index in [2.05, 4.69) is 0 Å². The summed E-state index contributed by atoms with van der Waals surface area (Å²) in [5.74, 6) is 0. The van der Waals surface area contributed by atoms with Crippen molar-refractivity contribution in [2.24, 2.45) is 5.73 Å². The summed E-state index contributed by atoms with van der Waals surface area (Å²) in [4.78, 5) is -1.37. The van der Waals surface area contributed by atoms with E-state index >= 15 is 0 Å². The van der Waals surface area contributed by atoms with Crippen molar-refractivity contribution >= 4 is 21.6 Å². The van der Waals surface area contributed by atoms with Crippen LogP contribution in [-0.4, -0.2) is 31.7 Å².